The summed E-state index contributed by atoms with van der Waals surface area (Å²) in [6.07, 6.45) is 2.40. The molecular formula is C14H12BrClN2O. The normalized spacial score (nSPS) is 10.3. The third kappa shape index (κ3) is 3.33. The largest absolute Gasteiger partial charge is 0.322 e. The molecule has 0 aliphatic rings. The number of nitrogens with one attached hydrogen (secondary N) is 1. The van der Waals surface area contributed by atoms with Crippen molar-refractivity contribution in [2.75, 3.05) is 5.32 Å². The van der Waals surface area contributed by atoms with E-state index in [1.54, 1.807) is 12.3 Å². The van der Waals surface area contributed by atoms with E-state index in [0.29, 0.717) is 10.0 Å². The van der Waals surface area contributed by atoms with Crippen LogP contribution in [0.1, 0.15) is 22.8 Å². The van der Waals surface area contributed by atoms with Crippen LogP contribution in [0.5, 0.6) is 0 Å². The van der Waals surface area contributed by atoms with E-state index in [4.69, 9.17) is 11.6 Å². The lowest BCUT2D eigenvalue weighted by molar-refractivity contribution is 0.102. The Morgan fingerprint density at radius 1 is 1.42 bits per heavy atom. The predicted octanol–water partition coefficient (Wildman–Crippen LogP) is 4.31. The number of hydrogen-bond donors (Lipinski definition) is 1. The van der Waals surface area contributed by atoms with Crippen molar-refractivity contribution in [1.29, 1.82) is 0 Å². The van der Waals surface area contributed by atoms with E-state index >= 15 is 0 Å². The lowest BCUT2D eigenvalue weighted by atomic mass is 10.1. The Hall–Kier alpha value is -1.39. The minimum Gasteiger partial charge on any atom is -0.322 e. The zero-order valence-corrected chi connectivity index (χ0v) is 12.6. The summed E-state index contributed by atoms with van der Waals surface area (Å²) in [6, 6.07) is 9.34. The molecule has 1 amide bonds. The van der Waals surface area contributed by atoms with Crippen molar-refractivity contribution < 1.29 is 4.79 Å². The highest BCUT2D eigenvalue weighted by atomic mass is 79.9. The molecule has 1 aromatic heterocycles. The molecule has 98 valence electrons. The van der Waals surface area contributed by atoms with Crippen molar-refractivity contribution >= 4 is 39.1 Å². The van der Waals surface area contributed by atoms with Crippen LogP contribution in [0.4, 0.5) is 5.69 Å². The van der Waals surface area contributed by atoms with Crippen molar-refractivity contribution in [3.8, 4) is 0 Å². The Morgan fingerprint density at radius 3 is 2.89 bits per heavy atom. The number of carbonyl (C=O) groups is 1. The van der Waals surface area contributed by atoms with Crippen LogP contribution in [-0.2, 0) is 6.42 Å². The van der Waals surface area contributed by atoms with Gasteiger partial charge in [-0.25, -0.2) is 4.98 Å². The Balaban J connectivity index is 2.28. The van der Waals surface area contributed by atoms with Crippen LogP contribution in [0, 0.1) is 0 Å². The molecule has 1 aromatic carbocycles. The highest BCUT2D eigenvalue weighted by molar-refractivity contribution is 9.10. The first kappa shape index (κ1) is 14.0. The average molecular weight is 340 g/mol. The molecule has 3 nitrogen and oxygen atoms in total. The predicted molar refractivity (Wildman–Crippen MR) is 80.7 cm³/mol. The molecule has 5 heteroatoms. The molecule has 0 bridgehead atoms. The van der Waals surface area contributed by atoms with Crippen LogP contribution in [0.15, 0.2) is 41.0 Å². The fraction of sp³-hybridized carbons (Fsp3) is 0.143. The first-order valence-corrected chi connectivity index (χ1v) is 6.99. The van der Waals surface area contributed by atoms with Crippen LogP contribution in [0.3, 0.4) is 0 Å². The second kappa shape index (κ2) is 6.17. The molecule has 0 radical (unpaired) electrons. The Labute approximate surface area is 125 Å². The molecule has 2 rings (SSSR count). The standard InChI is InChI=1S/C14H12BrClN2O/c1-2-9-5-3-4-6-12(9)18-14(19)11-7-10(15)8-17-13(11)16/h3-8H,2H2,1H3,(H,18,19). The second-order valence-electron chi connectivity index (χ2n) is 3.96. The van der Waals surface area contributed by atoms with E-state index in [1.807, 2.05) is 31.2 Å². The van der Waals surface area contributed by atoms with Gasteiger partial charge in [-0.05, 0) is 40.0 Å². The monoisotopic (exact) mass is 338 g/mol. The second-order valence-corrected chi connectivity index (χ2v) is 5.23. The van der Waals surface area contributed by atoms with Crippen LogP contribution in [-0.4, -0.2) is 10.9 Å². The fourth-order valence-corrected chi connectivity index (χ4v) is 2.24. The zero-order chi connectivity index (χ0) is 13.8. The van der Waals surface area contributed by atoms with E-state index in [0.717, 1.165) is 17.7 Å². The van der Waals surface area contributed by atoms with Crippen LogP contribution in [0.25, 0.3) is 0 Å². The number of aromatic nitrogens is 1. The first-order valence-electron chi connectivity index (χ1n) is 5.82. The summed E-state index contributed by atoms with van der Waals surface area (Å²) in [4.78, 5) is 16.1. The van der Waals surface area contributed by atoms with E-state index < -0.39 is 0 Å². The van der Waals surface area contributed by atoms with Gasteiger partial charge in [0.05, 0.1) is 5.56 Å². The van der Waals surface area contributed by atoms with Crippen molar-refractivity contribution in [2.24, 2.45) is 0 Å². The maximum absolute atomic E-state index is 12.2. The van der Waals surface area contributed by atoms with E-state index in [-0.39, 0.29) is 11.1 Å². The zero-order valence-electron chi connectivity index (χ0n) is 10.3. The lowest BCUT2D eigenvalue weighted by Gasteiger charge is -2.10. The molecule has 1 heterocycles. The number of halogens is 2. The molecule has 0 aliphatic carbocycles. The summed E-state index contributed by atoms with van der Waals surface area (Å²) in [6.45, 7) is 2.04. The van der Waals surface area contributed by atoms with E-state index in [2.05, 4.69) is 26.2 Å². The van der Waals surface area contributed by atoms with E-state index in [1.165, 1.54) is 0 Å². The number of aryl methyl sites for hydroxylation is 1. The number of hydrogen-bond acceptors (Lipinski definition) is 2. The summed E-state index contributed by atoms with van der Waals surface area (Å²) >= 11 is 9.22. The van der Waals surface area contributed by atoms with Gasteiger partial charge in [-0.1, -0.05) is 36.7 Å². The molecule has 19 heavy (non-hydrogen) atoms. The van der Waals surface area contributed by atoms with Gasteiger partial charge in [0.2, 0.25) is 0 Å². The maximum Gasteiger partial charge on any atom is 0.258 e. The Bertz CT molecular complexity index is 616. The summed E-state index contributed by atoms with van der Waals surface area (Å²) in [5.41, 5.74) is 2.22. The van der Waals surface area contributed by atoms with Crippen molar-refractivity contribution in [3.63, 3.8) is 0 Å². The summed E-state index contributed by atoms with van der Waals surface area (Å²) < 4.78 is 0.714. The van der Waals surface area contributed by atoms with Crippen molar-refractivity contribution in [2.45, 2.75) is 13.3 Å². The van der Waals surface area contributed by atoms with Gasteiger partial charge in [-0.2, -0.15) is 0 Å². The molecule has 0 saturated carbocycles. The summed E-state index contributed by atoms with van der Waals surface area (Å²) in [7, 11) is 0. The van der Waals surface area contributed by atoms with Gasteiger partial charge in [0.25, 0.3) is 5.91 Å². The highest BCUT2D eigenvalue weighted by Gasteiger charge is 2.13. The number of nitrogens with zero attached hydrogens (tertiary/aromatic N) is 1. The van der Waals surface area contributed by atoms with Gasteiger partial charge < -0.3 is 5.32 Å². The van der Waals surface area contributed by atoms with Gasteiger partial charge in [-0.3, -0.25) is 4.79 Å². The van der Waals surface area contributed by atoms with Gasteiger partial charge >= 0.3 is 0 Å². The van der Waals surface area contributed by atoms with Crippen LogP contribution in [0.2, 0.25) is 5.15 Å². The SMILES string of the molecule is CCc1ccccc1NC(=O)c1cc(Br)cnc1Cl. The van der Waals surface area contributed by atoms with Crippen molar-refractivity contribution in [1.82, 2.24) is 4.98 Å². The molecule has 2 aromatic rings. The molecule has 0 spiro atoms. The average Bonchev–Trinajstić information content (AvgIpc) is 2.42. The number of rotatable bonds is 3. The lowest BCUT2D eigenvalue weighted by Crippen LogP contribution is -2.14. The van der Waals surface area contributed by atoms with Gasteiger partial charge in [-0.15, -0.1) is 0 Å². The molecule has 0 atom stereocenters. The molecule has 0 fully saturated rings. The minimum absolute atomic E-state index is 0.190. The summed E-state index contributed by atoms with van der Waals surface area (Å²) in [5.74, 6) is -0.264. The first-order chi connectivity index (χ1) is 9.11. The smallest absolute Gasteiger partial charge is 0.258 e. The minimum atomic E-state index is -0.264. The third-order valence-electron chi connectivity index (χ3n) is 2.70. The van der Waals surface area contributed by atoms with E-state index in [9.17, 15) is 4.79 Å². The Kier molecular flexibility index (Phi) is 4.56. The third-order valence-corrected chi connectivity index (χ3v) is 3.43. The summed E-state index contributed by atoms with van der Waals surface area (Å²) in [5, 5.41) is 3.05. The number of amides is 1. The molecule has 0 aliphatic heterocycles. The number of benzene rings is 1. The number of pyridine rings is 1. The molecule has 0 unspecified atom stereocenters. The number of anilines is 1. The molecular weight excluding hydrogens is 328 g/mol. The fourth-order valence-electron chi connectivity index (χ4n) is 1.72. The quantitative estimate of drug-likeness (QED) is 0.847. The molecule has 0 saturated heterocycles. The topological polar surface area (TPSA) is 42.0 Å². The number of para-hydroxylation sites is 1. The van der Waals surface area contributed by atoms with Crippen LogP contribution < -0.4 is 5.32 Å². The molecule has 1 N–H and O–H groups in total. The van der Waals surface area contributed by atoms with Crippen LogP contribution >= 0.6 is 27.5 Å². The highest BCUT2D eigenvalue weighted by Crippen LogP contribution is 2.21. The van der Waals surface area contributed by atoms with Gasteiger partial charge in [0.1, 0.15) is 5.15 Å². The van der Waals surface area contributed by atoms with Gasteiger partial charge in [0, 0.05) is 16.4 Å². The Morgan fingerprint density at radius 2 is 2.16 bits per heavy atom. The maximum atomic E-state index is 12.2. The number of carbonyl (C=O) groups excluding carboxylic acids is 1. The van der Waals surface area contributed by atoms with Gasteiger partial charge in [0.15, 0.2) is 0 Å². The van der Waals surface area contributed by atoms with Crippen molar-refractivity contribution in [3.05, 3.63) is 57.3 Å².